The smallest absolute Gasteiger partial charge is 0.238 e. The molecule has 0 saturated carbocycles. The Bertz CT molecular complexity index is 1220. The molecule has 0 bridgehead atoms. The molecule has 168 valence electrons. The molecule has 0 spiro atoms. The Kier molecular flexibility index (Phi) is 6.24. The number of benzene rings is 3. The van der Waals surface area contributed by atoms with Gasteiger partial charge in [-0.25, -0.2) is 0 Å². The minimum Gasteiger partial charge on any atom is -0.508 e. The predicted molar refractivity (Wildman–Crippen MR) is 125 cm³/mol. The van der Waals surface area contributed by atoms with Crippen LogP contribution in [0.1, 0.15) is 50.8 Å². The zero-order valence-corrected chi connectivity index (χ0v) is 18.2. The Morgan fingerprint density at radius 2 is 1.55 bits per heavy atom. The fourth-order valence-electron chi connectivity index (χ4n) is 3.95. The van der Waals surface area contributed by atoms with E-state index in [9.17, 15) is 19.5 Å². The standard InChI is InChI=1S/C26H25N3O4/c1-2-22(29-26(33)20(27)14-15-10-12-16(30)13-11-15)28-21-9-5-8-19-23(21)25(32)18-7-4-3-6-17(18)24(19)31/h3-13,20,22,28,30H,2,14,27H2,1H3,(H,29,33)/t20-,22?/m1/s1. The SMILES string of the molecule is CCC(NC(=O)[C@H](N)Cc1ccc(O)cc1)Nc1cccc2c1C(=O)c1ccccc1C2=O. The largest absolute Gasteiger partial charge is 0.508 e. The lowest BCUT2D eigenvalue weighted by Gasteiger charge is -2.25. The van der Waals surface area contributed by atoms with E-state index in [4.69, 9.17) is 5.73 Å². The fraction of sp³-hybridized carbons (Fsp3) is 0.192. The maximum absolute atomic E-state index is 13.2. The molecule has 0 heterocycles. The van der Waals surface area contributed by atoms with E-state index in [1.807, 2.05) is 6.92 Å². The van der Waals surface area contributed by atoms with E-state index >= 15 is 0 Å². The van der Waals surface area contributed by atoms with E-state index in [-0.39, 0.29) is 23.2 Å². The average molecular weight is 444 g/mol. The van der Waals surface area contributed by atoms with Gasteiger partial charge in [0.05, 0.1) is 17.8 Å². The van der Waals surface area contributed by atoms with Crippen LogP contribution in [0.4, 0.5) is 5.69 Å². The van der Waals surface area contributed by atoms with Crippen molar-refractivity contribution >= 4 is 23.2 Å². The number of carbonyl (C=O) groups excluding carboxylic acids is 3. The van der Waals surface area contributed by atoms with Gasteiger partial charge in [0.2, 0.25) is 5.91 Å². The van der Waals surface area contributed by atoms with Crippen molar-refractivity contribution in [3.05, 3.63) is 94.5 Å². The third-order valence-corrected chi connectivity index (χ3v) is 5.74. The van der Waals surface area contributed by atoms with Crippen molar-refractivity contribution in [1.29, 1.82) is 0 Å². The molecule has 1 unspecified atom stereocenters. The van der Waals surface area contributed by atoms with Crippen LogP contribution in [-0.4, -0.2) is 34.8 Å². The van der Waals surface area contributed by atoms with Crippen molar-refractivity contribution < 1.29 is 19.5 Å². The number of nitrogens with two attached hydrogens (primary N) is 1. The zero-order chi connectivity index (χ0) is 23.5. The number of hydrogen-bond acceptors (Lipinski definition) is 6. The molecular weight excluding hydrogens is 418 g/mol. The summed E-state index contributed by atoms with van der Waals surface area (Å²) in [5, 5.41) is 15.5. The molecule has 7 heteroatoms. The Morgan fingerprint density at radius 1 is 0.909 bits per heavy atom. The number of amides is 1. The van der Waals surface area contributed by atoms with Crippen LogP contribution >= 0.6 is 0 Å². The number of aromatic hydroxyl groups is 1. The molecule has 3 aromatic rings. The summed E-state index contributed by atoms with van der Waals surface area (Å²) in [7, 11) is 0. The monoisotopic (exact) mass is 443 g/mol. The average Bonchev–Trinajstić information content (AvgIpc) is 2.83. The van der Waals surface area contributed by atoms with E-state index in [1.54, 1.807) is 66.7 Å². The number of nitrogens with one attached hydrogen (secondary N) is 2. The molecular formula is C26H25N3O4. The van der Waals surface area contributed by atoms with Crippen molar-refractivity contribution in [1.82, 2.24) is 5.32 Å². The minimum atomic E-state index is -0.787. The zero-order valence-electron chi connectivity index (χ0n) is 18.2. The van der Waals surface area contributed by atoms with Crippen LogP contribution < -0.4 is 16.4 Å². The van der Waals surface area contributed by atoms with Crippen LogP contribution in [0.25, 0.3) is 0 Å². The lowest BCUT2D eigenvalue weighted by Crippen LogP contribution is -2.49. The van der Waals surface area contributed by atoms with Gasteiger partial charge in [0.1, 0.15) is 5.75 Å². The summed E-state index contributed by atoms with van der Waals surface area (Å²) in [6, 6.07) is 17.6. The van der Waals surface area contributed by atoms with Crippen LogP contribution in [0.5, 0.6) is 5.75 Å². The number of rotatable bonds is 7. The number of fused-ring (bicyclic) bond motifs is 2. The summed E-state index contributed by atoms with van der Waals surface area (Å²) < 4.78 is 0. The predicted octanol–water partition coefficient (Wildman–Crippen LogP) is 3.00. The lowest BCUT2D eigenvalue weighted by molar-refractivity contribution is -0.122. The van der Waals surface area contributed by atoms with E-state index in [0.717, 1.165) is 5.56 Å². The highest BCUT2D eigenvalue weighted by Crippen LogP contribution is 2.32. The van der Waals surface area contributed by atoms with Crippen molar-refractivity contribution in [2.45, 2.75) is 32.0 Å². The minimum absolute atomic E-state index is 0.147. The summed E-state index contributed by atoms with van der Waals surface area (Å²) in [6.45, 7) is 1.89. The first kappa shape index (κ1) is 22.2. The van der Waals surface area contributed by atoms with Crippen LogP contribution in [0.3, 0.4) is 0 Å². The quantitative estimate of drug-likeness (QED) is 0.326. The maximum atomic E-state index is 13.2. The van der Waals surface area contributed by atoms with Crippen LogP contribution in [-0.2, 0) is 11.2 Å². The lowest BCUT2D eigenvalue weighted by atomic mass is 9.83. The van der Waals surface area contributed by atoms with Gasteiger partial charge in [0.25, 0.3) is 0 Å². The molecule has 0 fully saturated rings. The van der Waals surface area contributed by atoms with Gasteiger partial charge in [0.15, 0.2) is 11.6 Å². The molecule has 5 N–H and O–H groups in total. The van der Waals surface area contributed by atoms with Gasteiger partial charge in [-0.3, -0.25) is 14.4 Å². The Balaban J connectivity index is 1.51. The first-order valence-corrected chi connectivity index (χ1v) is 10.8. The van der Waals surface area contributed by atoms with E-state index < -0.39 is 12.2 Å². The summed E-state index contributed by atoms with van der Waals surface area (Å²) in [4.78, 5) is 38.8. The van der Waals surface area contributed by atoms with Crippen molar-refractivity contribution in [3.8, 4) is 5.75 Å². The second-order valence-corrected chi connectivity index (χ2v) is 8.02. The molecule has 0 saturated heterocycles. The normalized spacial score (nSPS) is 14.1. The molecule has 4 rings (SSSR count). The molecule has 33 heavy (non-hydrogen) atoms. The van der Waals surface area contributed by atoms with Crippen LogP contribution in [0.15, 0.2) is 66.7 Å². The van der Waals surface area contributed by atoms with Crippen LogP contribution in [0, 0.1) is 0 Å². The molecule has 0 radical (unpaired) electrons. The van der Waals surface area contributed by atoms with Gasteiger partial charge in [-0.1, -0.05) is 55.5 Å². The third kappa shape index (κ3) is 4.49. The van der Waals surface area contributed by atoms with Gasteiger partial charge in [-0.2, -0.15) is 0 Å². The van der Waals surface area contributed by atoms with Gasteiger partial charge in [0, 0.05) is 22.4 Å². The van der Waals surface area contributed by atoms with E-state index in [0.29, 0.717) is 40.8 Å². The van der Waals surface area contributed by atoms with Gasteiger partial charge in [-0.05, 0) is 36.6 Å². The van der Waals surface area contributed by atoms with Gasteiger partial charge in [-0.15, -0.1) is 0 Å². The Labute approximate surface area is 191 Å². The second kappa shape index (κ2) is 9.26. The second-order valence-electron chi connectivity index (χ2n) is 8.02. The van der Waals surface area contributed by atoms with Gasteiger partial charge >= 0.3 is 0 Å². The molecule has 1 aliphatic rings. The molecule has 0 aliphatic heterocycles. The molecule has 7 nitrogen and oxygen atoms in total. The first-order valence-electron chi connectivity index (χ1n) is 10.8. The highest BCUT2D eigenvalue weighted by molar-refractivity contribution is 6.30. The first-order chi connectivity index (χ1) is 15.9. The highest BCUT2D eigenvalue weighted by Gasteiger charge is 2.31. The topological polar surface area (TPSA) is 122 Å². The Morgan fingerprint density at radius 3 is 2.21 bits per heavy atom. The van der Waals surface area contributed by atoms with Crippen molar-refractivity contribution in [2.24, 2.45) is 5.73 Å². The summed E-state index contributed by atoms with van der Waals surface area (Å²) in [5.41, 5.74) is 8.82. The number of phenols is 1. The summed E-state index contributed by atoms with van der Waals surface area (Å²) in [6.07, 6.45) is 0.350. The summed E-state index contributed by atoms with van der Waals surface area (Å²) in [5.74, 6) is -0.626. The van der Waals surface area contributed by atoms with Crippen molar-refractivity contribution in [2.75, 3.05) is 5.32 Å². The maximum Gasteiger partial charge on any atom is 0.238 e. The van der Waals surface area contributed by atoms with Crippen molar-refractivity contribution in [3.63, 3.8) is 0 Å². The number of phenolic OH excluding ortho intramolecular Hbond substituents is 1. The summed E-state index contributed by atoms with van der Waals surface area (Å²) >= 11 is 0. The molecule has 0 aromatic heterocycles. The van der Waals surface area contributed by atoms with E-state index in [1.165, 1.54) is 0 Å². The Hall–Kier alpha value is -3.97. The highest BCUT2D eigenvalue weighted by atomic mass is 16.3. The fourth-order valence-corrected chi connectivity index (χ4v) is 3.95. The number of anilines is 1. The third-order valence-electron chi connectivity index (χ3n) is 5.74. The number of hydrogen-bond donors (Lipinski definition) is 4. The van der Waals surface area contributed by atoms with Gasteiger partial charge < -0.3 is 21.5 Å². The van der Waals surface area contributed by atoms with E-state index in [2.05, 4.69) is 10.6 Å². The number of ketones is 2. The molecule has 3 aromatic carbocycles. The molecule has 1 aliphatic carbocycles. The molecule has 1 amide bonds. The van der Waals surface area contributed by atoms with Crippen LogP contribution in [0.2, 0.25) is 0 Å². The number of carbonyl (C=O) groups is 3. The molecule has 2 atom stereocenters.